The number of halogens is 1. The van der Waals surface area contributed by atoms with Crippen LogP contribution in [0.3, 0.4) is 0 Å². The molecule has 33 heavy (non-hydrogen) atoms. The number of thiophene rings is 1. The molecule has 2 fully saturated rings. The number of nitrogens with one attached hydrogen (secondary N) is 1. The first-order valence-corrected chi connectivity index (χ1v) is 14.2. The van der Waals surface area contributed by atoms with Gasteiger partial charge in [0.1, 0.15) is 23.8 Å². The molecule has 0 amide bonds. The summed E-state index contributed by atoms with van der Waals surface area (Å²) >= 11 is 7.07. The van der Waals surface area contributed by atoms with Crippen LogP contribution in [0.25, 0.3) is 6.08 Å². The van der Waals surface area contributed by atoms with Crippen molar-refractivity contribution in [3.63, 3.8) is 0 Å². The number of ether oxygens (including phenoxy) is 1. The number of rotatable bonds is 6. The number of benzene rings is 1. The molecule has 5 rings (SSSR count). The highest BCUT2D eigenvalue weighted by Gasteiger charge is 2.41. The summed E-state index contributed by atoms with van der Waals surface area (Å²) in [5.74, 6) is 0.600. The molecule has 0 spiro atoms. The van der Waals surface area contributed by atoms with Crippen LogP contribution in [0.1, 0.15) is 29.5 Å². The lowest BCUT2D eigenvalue weighted by Crippen LogP contribution is -2.52. The van der Waals surface area contributed by atoms with Gasteiger partial charge in [-0.25, -0.2) is 18.3 Å². The van der Waals surface area contributed by atoms with Gasteiger partial charge in [0, 0.05) is 6.04 Å². The van der Waals surface area contributed by atoms with Crippen molar-refractivity contribution in [1.29, 1.82) is 0 Å². The molecule has 0 radical (unpaired) electrons. The highest BCUT2D eigenvalue weighted by Crippen LogP contribution is 2.41. The lowest BCUT2D eigenvalue weighted by molar-refractivity contribution is -1.10. The van der Waals surface area contributed by atoms with Gasteiger partial charge in [0.25, 0.3) is 0 Å². The molecule has 178 valence electrons. The number of hydrogen-bond acceptors (Lipinski definition) is 5. The minimum Gasteiger partial charge on any atom is -0.370 e. The van der Waals surface area contributed by atoms with E-state index >= 15 is 0 Å². The molecule has 3 atom stereocenters. The van der Waals surface area contributed by atoms with Gasteiger partial charge in [-0.15, -0.1) is 11.3 Å². The first-order valence-electron chi connectivity index (χ1n) is 11.5. The van der Waals surface area contributed by atoms with Crippen LogP contribution in [-0.4, -0.2) is 57.2 Å². The van der Waals surface area contributed by atoms with Crippen LogP contribution >= 0.6 is 22.9 Å². The van der Waals surface area contributed by atoms with Gasteiger partial charge in [0.15, 0.2) is 0 Å². The molecule has 1 saturated heterocycles. The van der Waals surface area contributed by atoms with Crippen molar-refractivity contribution in [2.24, 2.45) is 11.8 Å². The molecule has 1 aromatic carbocycles. The second kappa shape index (κ2) is 9.41. The molecule has 2 bridgehead atoms. The van der Waals surface area contributed by atoms with E-state index in [2.05, 4.69) is 29.0 Å². The molecule has 2 heterocycles. The smallest absolute Gasteiger partial charge is 0.250 e. The van der Waals surface area contributed by atoms with Gasteiger partial charge in [0.2, 0.25) is 10.0 Å². The Morgan fingerprint density at radius 1 is 1.12 bits per heavy atom. The number of nitrogens with zero attached hydrogens (tertiary/aromatic N) is 1. The standard InChI is InChI=1S/C24H30ClN2O4S2/c25-22-7-8-23(32-22)33(29,30)26-24-19-5-6-20(24)16-21-14-17(3-4-18(21)15-19)2-1-9-27(28)10-12-31-13-11-27/h1-4,7-8,14,19-20,24,26,28H,5-6,9-13,15-16H2/q+1. The minimum atomic E-state index is -3.57. The van der Waals surface area contributed by atoms with Crippen LogP contribution in [0.4, 0.5) is 0 Å². The SMILES string of the molecule is O=S(=O)(NC1C2CCC1Cc1cc(C=CC[N+]3(O)CCOCC3)ccc1C2)c1ccc(Cl)s1. The van der Waals surface area contributed by atoms with Gasteiger partial charge in [-0.1, -0.05) is 35.9 Å². The van der Waals surface area contributed by atoms with Crippen molar-refractivity contribution < 1.29 is 23.0 Å². The largest absolute Gasteiger partial charge is 0.370 e. The summed E-state index contributed by atoms with van der Waals surface area (Å²) in [4.78, 5) is 0. The normalized spacial score (nSPS) is 26.9. The van der Waals surface area contributed by atoms with Crippen molar-refractivity contribution in [1.82, 2.24) is 4.72 Å². The fourth-order valence-corrected chi connectivity index (χ4v) is 8.33. The Kier molecular flexibility index (Phi) is 6.70. The summed E-state index contributed by atoms with van der Waals surface area (Å²) in [6.07, 6.45) is 7.97. The summed E-state index contributed by atoms with van der Waals surface area (Å²) in [5, 5.41) is 10.6. The quantitative estimate of drug-likeness (QED) is 0.574. The molecular formula is C24H30ClN2O4S2+. The molecule has 3 aliphatic rings. The maximum absolute atomic E-state index is 12.9. The monoisotopic (exact) mass is 509 g/mol. The molecule has 1 saturated carbocycles. The average molecular weight is 510 g/mol. The number of fused-ring (bicyclic) bond motifs is 3. The lowest BCUT2D eigenvalue weighted by atomic mass is 9.92. The molecule has 2 aliphatic carbocycles. The van der Waals surface area contributed by atoms with Crippen LogP contribution in [0.15, 0.2) is 40.6 Å². The van der Waals surface area contributed by atoms with E-state index in [9.17, 15) is 13.6 Å². The van der Waals surface area contributed by atoms with Gasteiger partial charge in [-0.2, -0.15) is 4.65 Å². The highest BCUT2D eigenvalue weighted by atomic mass is 35.5. The third kappa shape index (κ3) is 5.22. The highest BCUT2D eigenvalue weighted by molar-refractivity contribution is 7.91. The van der Waals surface area contributed by atoms with E-state index in [1.165, 1.54) is 11.1 Å². The molecule has 6 nitrogen and oxygen atoms in total. The van der Waals surface area contributed by atoms with Crippen molar-refractivity contribution in [2.45, 2.75) is 35.9 Å². The summed E-state index contributed by atoms with van der Waals surface area (Å²) in [5.41, 5.74) is 3.75. The molecule has 3 unspecified atom stereocenters. The zero-order chi connectivity index (χ0) is 23.1. The Balaban J connectivity index is 1.29. The summed E-state index contributed by atoms with van der Waals surface area (Å²) in [6.45, 7) is 2.99. The second-order valence-corrected chi connectivity index (χ2v) is 13.1. The molecular weight excluding hydrogens is 480 g/mol. The van der Waals surface area contributed by atoms with Crippen molar-refractivity contribution >= 4 is 39.0 Å². The van der Waals surface area contributed by atoms with Crippen LogP contribution < -0.4 is 4.72 Å². The third-order valence-corrected chi connectivity index (χ3v) is 10.5. The topological polar surface area (TPSA) is 75.6 Å². The van der Waals surface area contributed by atoms with Gasteiger partial charge < -0.3 is 4.74 Å². The summed E-state index contributed by atoms with van der Waals surface area (Å²) < 4.78 is 35.1. The number of quaternary nitrogens is 1. The summed E-state index contributed by atoms with van der Waals surface area (Å²) in [6, 6.07) is 9.71. The van der Waals surface area contributed by atoms with E-state index in [-0.39, 0.29) is 14.9 Å². The van der Waals surface area contributed by atoms with Crippen molar-refractivity contribution in [3.8, 4) is 0 Å². The molecule has 9 heteroatoms. The predicted molar refractivity (Wildman–Crippen MR) is 130 cm³/mol. The molecule has 1 aliphatic heterocycles. The number of hydroxylamine groups is 3. The number of sulfonamides is 1. The maximum Gasteiger partial charge on any atom is 0.250 e. The first-order chi connectivity index (χ1) is 15.8. The Bertz CT molecular complexity index is 1140. The Morgan fingerprint density at radius 2 is 1.85 bits per heavy atom. The number of morpholine rings is 1. The Hall–Kier alpha value is -1.26. The Labute approximate surface area is 204 Å². The molecule has 2 N–H and O–H groups in total. The Morgan fingerprint density at radius 3 is 2.55 bits per heavy atom. The van der Waals surface area contributed by atoms with Gasteiger partial charge >= 0.3 is 0 Å². The van der Waals surface area contributed by atoms with E-state index in [1.807, 2.05) is 6.08 Å². The van der Waals surface area contributed by atoms with Crippen LogP contribution in [0.5, 0.6) is 0 Å². The van der Waals surface area contributed by atoms with E-state index < -0.39 is 10.0 Å². The van der Waals surface area contributed by atoms with Gasteiger partial charge in [0.05, 0.1) is 17.6 Å². The predicted octanol–water partition coefficient (Wildman–Crippen LogP) is 4.12. The van der Waals surface area contributed by atoms with Gasteiger partial charge in [-0.05, 0) is 72.4 Å². The zero-order valence-electron chi connectivity index (χ0n) is 18.5. The van der Waals surface area contributed by atoms with Crippen LogP contribution in [-0.2, 0) is 27.6 Å². The van der Waals surface area contributed by atoms with E-state index in [4.69, 9.17) is 16.3 Å². The van der Waals surface area contributed by atoms with E-state index in [0.717, 1.165) is 42.6 Å². The second-order valence-electron chi connectivity index (χ2n) is 9.48. The van der Waals surface area contributed by atoms with E-state index in [0.29, 0.717) is 49.0 Å². The van der Waals surface area contributed by atoms with Gasteiger partial charge in [-0.3, -0.25) is 0 Å². The minimum absolute atomic E-state index is 0.0302. The van der Waals surface area contributed by atoms with E-state index in [1.54, 1.807) is 12.1 Å². The van der Waals surface area contributed by atoms with Crippen molar-refractivity contribution in [2.75, 3.05) is 32.8 Å². The average Bonchev–Trinajstić information content (AvgIpc) is 3.32. The maximum atomic E-state index is 12.9. The number of hydrogen-bond donors (Lipinski definition) is 2. The fraction of sp³-hybridized carbons (Fsp3) is 0.500. The molecule has 2 aromatic rings. The van der Waals surface area contributed by atoms with Crippen molar-refractivity contribution in [3.05, 3.63) is 57.4 Å². The summed E-state index contributed by atoms with van der Waals surface area (Å²) in [7, 11) is -3.57. The third-order valence-electron chi connectivity index (χ3n) is 7.28. The fourth-order valence-electron chi connectivity index (χ4n) is 5.46. The van der Waals surface area contributed by atoms with Crippen LogP contribution in [0, 0.1) is 11.8 Å². The first kappa shape index (κ1) is 23.5. The lowest BCUT2D eigenvalue weighted by Gasteiger charge is -2.32. The van der Waals surface area contributed by atoms with Crippen LogP contribution in [0.2, 0.25) is 4.34 Å². The molecule has 1 aromatic heterocycles. The zero-order valence-corrected chi connectivity index (χ0v) is 20.8.